The molecule has 0 fully saturated rings. The molecule has 0 aliphatic rings. The molecule has 2 aromatic rings. The molecule has 0 bridgehead atoms. The number of carbonyl (C=O) groups is 1. The number of aromatic nitrogens is 3. The fourth-order valence-corrected chi connectivity index (χ4v) is 1.62. The molecule has 1 aromatic heterocycles. The van der Waals surface area contributed by atoms with Crippen LogP contribution in [0.2, 0.25) is 0 Å². The Kier molecular flexibility index (Phi) is 5.01. The number of aryl methyl sites for hydroxylation is 1. The number of hydrogen-bond donors (Lipinski definition) is 2. The Morgan fingerprint density at radius 2 is 2.33 bits per heavy atom. The molecule has 0 unspecified atom stereocenters. The SMILES string of the molecule is NCC#Cc1ccc(NC(=O)CCn2cncn2)c(F)c1. The van der Waals surface area contributed by atoms with Crippen molar-refractivity contribution in [3.8, 4) is 11.8 Å². The van der Waals surface area contributed by atoms with Gasteiger partial charge in [0.2, 0.25) is 5.91 Å². The molecule has 0 radical (unpaired) electrons. The van der Waals surface area contributed by atoms with Crippen molar-refractivity contribution in [3.05, 3.63) is 42.2 Å². The largest absolute Gasteiger partial charge is 0.324 e. The van der Waals surface area contributed by atoms with Gasteiger partial charge in [-0.25, -0.2) is 9.37 Å². The van der Waals surface area contributed by atoms with Gasteiger partial charge < -0.3 is 11.1 Å². The molecule has 0 atom stereocenters. The van der Waals surface area contributed by atoms with Crippen LogP contribution < -0.4 is 11.1 Å². The van der Waals surface area contributed by atoms with Gasteiger partial charge in [-0.2, -0.15) is 5.10 Å². The lowest BCUT2D eigenvalue weighted by molar-refractivity contribution is -0.116. The average molecular weight is 287 g/mol. The van der Waals surface area contributed by atoms with Crippen LogP contribution in [0.5, 0.6) is 0 Å². The highest BCUT2D eigenvalue weighted by Gasteiger charge is 2.07. The van der Waals surface area contributed by atoms with E-state index < -0.39 is 5.82 Å². The van der Waals surface area contributed by atoms with E-state index in [1.54, 1.807) is 6.07 Å². The van der Waals surface area contributed by atoms with Gasteiger partial charge in [0.05, 0.1) is 18.8 Å². The van der Waals surface area contributed by atoms with Crippen molar-refractivity contribution in [2.75, 3.05) is 11.9 Å². The number of benzene rings is 1. The molecular formula is C14H14FN5O. The second-order valence-corrected chi connectivity index (χ2v) is 4.16. The Bertz CT molecular complexity index is 672. The predicted molar refractivity (Wildman–Crippen MR) is 75.6 cm³/mol. The molecule has 0 aliphatic carbocycles. The lowest BCUT2D eigenvalue weighted by Crippen LogP contribution is -2.15. The van der Waals surface area contributed by atoms with E-state index in [2.05, 4.69) is 27.2 Å². The summed E-state index contributed by atoms with van der Waals surface area (Å²) < 4.78 is 15.3. The number of amides is 1. The van der Waals surface area contributed by atoms with Gasteiger partial charge in [0.1, 0.15) is 18.5 Å². The van der Waals surface area contributed by atoms with Crippen LogP contribution in [0.1, 0.15) is 12.0 Å². The monoisotopic (exact) mass is 287 g/mol. The van der Waals surface area contributed by atoms with Gasteiger partial charge in [-0.05, 0) is 18.2 Å². The molecule has 21 heavy (non-hydrogen) atoms. The first-order valence-corrected chi connectivity index (χ1v) is 6.30. The Labute approximate surface area is 121 Å². The van der Waals surface area contributed by atoms with Crippen LogP contribution in [0.25, 0.3) is 0 Å². The summed E-state index contributed by atoms with van der Waals surface area (Å²) in [5, 5.41) is 6.39. The van der Waals surface area contributed by atoms with E-state index in [0.717, 1.165) is 0 Å². The molecule has 1 heterocycles. The molecule has 0 saturated carbocycles. The van der Waals surface area contributed by atoms with Crippen molar-refractivity contribution in [2.45, 2.75) is 13.0 Å². The predicted octanol–water partition coefficient (Wildman–Crippen LogP) is 0.756. The molecule has 108 valence electrons. The molecule has 1 aromatic carbocycles. The smallest absolute Gasteiger partial charge is 0.226 e. The zero-order valence-corrected chi connectivity index (χ0v) is 11.2. The fourth-order valence-electron chi connectivity index (χ4n) is 1.62. The number of nitrogens with two attached hydrogens (primary N) is 1. The zero-order valence-electron chi connectivity index (χ0n) is 11.2. The van der Waals surface area contributed by atoms with E-state index >= 15 is 0 Å². The van der Waals surface area contributed by atoms with Gasteiger partial charge in [-0.15, -0.1) is 0 Å². The van der Waals surface area contributed by atoms with Crippen LogP contribution in [-0.4, -0.2) is 27.2 Å². The van der Waals surface area contributed by atoms with Gasteiger partial charge >= 0.3 is 0 Å². The molecule has 0 spiro atoms. The maximum absolute atomic E-state index is 13.8. The second kappa shape index (κ2) is 7.17. The zero-order chi connectivity index (χ0) is 15.1. The summed E-state index contributed by atoms with van der Waals surface area (Å²) in [6.45, 7) is 0.593. The van der Waals surface area contributed by atoms with E-state index in [0.29, 0.717) is 12.1 Å². The lowest BCUT2D eigenvalue weighted by Gasteiger charge is -2.06. The highest BCUT2D eigenvalue weighted by Crippen LogP contribution is 2.15. The molecule has 1 amide bonds. The van der Waals surface area contributed by atoms with Crippen molar-refractivity contribution in [2.24, 2.45) is 5.73 Å². The van der Waals surface area contributed by atoms with Crippen LogP contribution in [0.4, 0.5) is 10.1 Å². The van der Waals surface area contributed by atoms with Crippen LogP contribution >= 0.6 is 0 Å². The van der Waals surface area contributed by atoms with E-state index in [1.165, 1.54) is 29.5 Å². The average Bonchev–Trinajstić information content (AvgIpc) is 2.99. The Morgan fingerprint density at radius 3 is 3.00 bits per heavy atom. The van der Waals surface area contributed by atoms with Crippen molar-refractivity contribution in [3.63, 3.8) is 0 Å². The Morgan fingerprint density at radius 1 is 1.48 bits per heavy atom. The number of anilines is 1. The minimum atomic E-state index is -0.534. The van der Waals surface area contributed by atoms with E-state index in [9.17, 15) is 9.18 Å². The quantitative estimate of drug-likeness (QED) is 0.813. The number of rotatable bonds is 4. The molecule has 3 N–H and O–H groups in total. The number of halogens is 1. The van der Waals surface area contributed by atoms with Crippen LogP contribution in [0.15, 0.2) is 30.9 Å². The summed E-state index contributed by atoms with van der Waals surface area (Å²) in [5.41, 5.74) is 5.88. The lowest BCUT2D eigenvalue weighted by atomic mass is 10.2. The first kappa shape index (κ1) is 14.7. The van der Waals surface area contributed by atoms with Gasteiger partial charge in [0, 0.05) is 12.0 Å². The van der Waals surface area contributed by atoms with Crippen LogP contribution in [-0.2, 0) is 11.3 Å². The highest BCUT2D eigenvalue weighted by atomic mass is 19.1. The van der Waals surface area contributed by atoms with Gasteiger partial charge in [-0.1, -0.05) is 11.8 Å². The maximum atomic E-state index is 13.8. The molecule has 6 nitrogen and oxygen atoms in total. The fraction of sp³-hybridized carbons (Fsp3) is 0.214. The summed E-state index contributed by atoms with van der Waals surface area (Å²) in [6, 6.07) is 4.36. The van der Waals surface area contributed by atoms with Crippen LogP contribution in [0.3, 0.4) is 0 Å². The molecule has 0 aliphatic heterocycles. The summed E-state index contributed by atoms with van der Waals surface area (Å²) in [6.07, 6.45) is 3.08. The molecule has 0 saturated heterocycles. The Balaban J connectivity index is 1.94. The number of nitrogens with zero attached hydrogens (tertiary/aromatic N) is 3. The summed E-state index contributed by atoms with van der Waals surface area (Å²) >= 11 is 0. The third-order valence-electron chi connectivity index (χ3n) is 2.61. The Hall–Kier alpha value is -2.72. The number of nitrogens with one attached hydrogen (secondary N) is 1. The standard InChI is InChI=1S/C14H14FN5O/c15-12-8-11(2-1-6-16)3-4-13(12)19-14(21)5-7-20-10-17-9-18-20/h3-4,8-10H,5-7,16H2,(H,19,21). The number of carbonyl (C=O) groups excluding carboxylic acids is 1. The topological polar surface area (TPSA) is 85.8 Å². The van der Waals surface area contributed by atoms with Gasteiger partial charge in [0.25, 0.3) is 0 Å². The third kappa shape index (κ3) is 4.40. The van der Waals surface area contributed by atoms with E-state index in [1.807, 2.05) is 0 Å². The van der Waals surface area contributed by atoms with Crippen molar-refractivity contribution in [1.82, 2.24) is 14.8 Å². The first-order valence-electron chi connectivity index (χ1n) is 6.30. The van der Waals surface area contributed by atoms with Crippen molar-refractivity contribution < 1.29 is 9.18 Å². The maximum Gasteiger partial charge on any atom is 0.226 e. The van der Waals surface area contributed by atoms with Crippen molar-refractivity contribution >= 4 is 11.6 Å². The van der Waals surface area contributed by atoms with Crippen molar-refractivity contribution in [1.29, 1.82) is 0 Å². The minimum Gasteiger partial charge on any atom is -0.324 e. The normalized spacial score (nSPS) is 9.81. The van der Waals surface area contributed by atoms with E-state index in [-0.39, 0.29) is 24.6 Å². The van der Waals surface area contributed by atoms with E-state index in [4.69, 9.17) is 5.73 Å². The number of hydrogen-bond acceptors (Lipinski definition) is 4. The molecule has 2 rings (SSSR count). The summed E-state index contributed by atoms with van der Waals surface area (Å²) in [4.78, 5) is 15.5. The molecule has 7 heteroatoms. The summed E-state index contributed by atoms with van der Waals surface area (Å²) in [7, 11) is 0. The first-order chi connectivity index (χ1) is 10.2. The third-order valence-corrected chi connectivity index (χ3v) is 2.61. The molecular weight excluding hydrogens is 273 g/mol. The van der Waals surface area contributed by atoms with Crippen LogP contribution in [0, 0.1) is 17.7 Å². The minimum absolute atomic E-state index is 0.122. The van der Waals surface area contributed by atoms with Gasteiger partial charge in [-0.3, -0.25) is 9.48 Å². The summed E-state index contributed by atoms with van der Waals surface area (Å²) in [5.74, 6) is 4.52. The highest BCUT2D eigenvalue weighted by molar-refractivity contribution is 5.90. The second-order valence-electron chi connectivity index (χ2n) is 4.16. The van der Waals surface area contributed by atoms with Gasteiger partial charge in [0.15, 0.2) is 0 Å².